The van der Waals surface area contributed by atoms with Crippen molar-refractivity contribution in [2.75, 3.05) is 7.11 Å². The van der Waals surface area contributed by atoms with Crippen LogP contribution in [0.2, 0.25) is 0 Å². The second kappa shape index (κ2) is 6.75. The Morgan fingerprint density at radius 3 is 2.43 bits per heavy atom. The molecule has 5 heteroatoms. The van der Waals surface area contributed by atoms with Gasteiger partial charge in [0, 0.05) is 20.1 Å². The highest BCUT2D eigenvalue weighted by Gasteiger charge is 2.24. The van der Waals surface area contributed by atoms with E-state index in [1.165, 1.54) is 0 Å². The summed E-state index contributed by atoms with van der Waals surface area (Å²) in [7, 11) is 1.66. The van der Waals surface area contributed by atoms with Crippen molar-refractivity contribution in [2.24, 2.45) is 5.73 Å². The van der Waals surface area contributed by atoms with Crippen molar-refractivity contribution in [3.63, 3.8) is 0 Å². The zero-order valence-corrected chi connectivity index (χ0v) is 8.90. The number of ether oxygens (including phenoxy) is 2. The molecular weight excluding hydrogens is 186 g/mol. The van der Waals surface area contributed by atoms with Gasteiger partial charge in [-0.2, -0.15) is 0 Å². The highest BCUT2D eigenvalue weighted by Crippen LogP contribution is 2.17. The lowest BCUT2D eigenvalue weighted by molar-refractivity contribution is -0.180. The fourth-order valence-electron chi connectivity index (χ4n) is 1.15. The maximum absolute atomic E-state index is 9.00. The van der Waals surface area contributed by atoms with Crippen LogP contribution in [0, 0.1) is 0 Å². The number of hydrogen-bond donors (Lipinski definition) is 2. The molecule has 3 atom stereocenters. The molecule has 0 aromatic rings. The first kappa shape index (κ1) is 13.4. The van der Waals surface area contributed by atoms with E-state index in [0.29, 0.717) is 0 Å². The summed E-state index contributed by atoms with van der Waals surface area (Å²) in [5, 5.41) is 7.42. The van der Waals surface area contributed by atoms with Gasteiger partial charge in [-0.05, 0) is 19.8 Å². The van der Waals surface area contributed by atoms with Gasteiger partial charge >= 0.3 is 0 Å². The van der Waals surface area contributed by atoms with E-state index in [4.69, 9.17) is 25.1 Å². The lowest BCUT2D eigenvalue weighted by Gasteiger charge is -2.31. The van der Waals surface area contributed by atoms with Crippen LogP contribution >= 0.6 is 0 Å². The number of rotatable bonds is 1. The number of methoxy groups -OCH3 is 1. The molecule has 0 radical (unpaired) electrons. The summed E-state index contributed by atoms with van der Waals surface area (Å²) in [6.45, 7) is 3.07. The molecule has 0 amide bonds. The molecule has 1 fully saturated rings. The minimum atomic E-state index is -0.833. The largest absolute Gasteiger partial charge is 0.481 e. The van der Waals surface area contributed by atoms with Gasteiger partial charge in [-0.15, -0.1) is 0 Å². The zero-order chi connectivity index (χ0) is 11.1. The normalized spacial score (nSPS) is 31.6. The monoisotopic (exact) mass is 205 g/mol. The molecule has 1 aliphatic heterocycles. The first-order valence-electron chi connectivity index (χ1n) is 4.60. The van der Waals surface area contributed by atoms with Crippen molar-refractivity contribution in [3.8, 4) is 0 Å². The first-order valence-corrected chi connectivity index (χ1v) is 4.60. The highest BCUT2D eigenvalue weighted by molar-refractivity contribution is 5.62. The fourth-order valence-corrected chi connectivity index (χ4v) is 1.15. The summed E-state index contributed by atoms with van der Waals surface area (Å²) in [6, 6.07) is 0.186. The predicted octanol–water partition coefficient (Wildman–Crippen LogP) is 0.576. The van der Waals surface area contributed by atoms with E-state index in [1.807, 2.05) is 6.92 Å². The lowest BCUT2D eigenvalue weighted by atomic mass is 10.0. The molecule has 1 unspecified atom stereocenters. The Morgan fingerprint density at radius 2 is 2.07 bits per heavy atom. The van der Waals surface area contributed by atoms with E-state index in [2.05, 4.69) is 0 Å². The summed E-state index contributed by atoms with van der Waals surface area (Å²) in [6.07, 6.45) is 2.02. The maximum Gasteiger partial charge on any atom is 0.300 e. The molecule has 0 bridgehead atoms. The summed E-state index contributed by atoms with van der Waals surface area (Å²) in [5.41, 5.74) is 5.71. The fraction of sp³-hybridized carbons (Fsp3) is 0.889. The quantitative estimate of drug-likeness (QED) is 0.654. The van der Waals surface area contributed by atoms with Gasteiger partial charge in [0.15, 0.2) is 6.29 Å². The van der Waals surface area contributed by atoms with Gasteiger partial charge in [0.05, 0.1) is 6.10 Å². The summed E-state index contributed by atoms with van der Waals surface area (Å²) in [5.74, 6) is -0.833. The van der Waals surface area contributed by atoms with Crippen molar-refractivity contribution in [1.82, 2.24) is 0 Å². The summed E-state index contributed by atoms with van der Waals surface area (Å²) >= 11 is 0. The van der Waals surface area contributed by atoms with Crippen molar-refractivity contribution in [1.29, 1.82) is 0 Å². The van der Waals surface area contributed by atoms with Crippen LogP contribution in [-0.4, -0.2) is 36.6 Å². The molecule has 1 aliphatic rings. The molecule has 0 saturated carbocycles. The minimum Gasteiger partial charge on any atom is -0.481 e. The van der Waals surface area contributed by atoms with Gasteiger partial charge in [-0.1, -0.05) is 0 Å². The molecule has 3 N–H and O–H groups in total. The number of carbonyl (C=O) groups is 1. The molecule has 14 heavy (non-hydrogen) atoms. The Balaban J connectivity index is 0.000000364. The van der Waals surface area contributed by atoms with E-state index in [0.717, 1.165) is 19.8 Å². The van der Waals surface area contributed by atoms with Crippen LogP contribution in [0.3, 0.4) is 0 Å². The number of nitrogens with two attached hydrogens (primary N) is 1. The molecule has 0 aromatic carbocycles. The van der Waals surface area contributed by atoms with Gasteiger partial charge in [0.25, 0.3) is 5.97 Å². The average molecular weight is 205 g/mol. The average Bonchev–Trinajstić information content (AvgIpc) is 2.09. The minimum absolute atomic E-state index is 0.0326. The number of aliphatic carboxylic acids is 1. The maximum atomic E-state index is 9.00. The van der Waals surface area contributed by atoms with Gasteiger partial charge in [-0.25, -0.2) is 0 Å². The first-order chi connectivity index (χ1) is 6.47. The van der Waals surface area contributed by atoms with Gasteiger partial charge < -0.3 is 20.3 Å². The third kappa shape index (κ3) is 5.90. The van der Waals surface area contributed by atoms with E-state index in [1.54, 1.807) is 7.11 Å². The van der Waals surface area contributed by atoms with Crippen molar-refractivity contribution in [2.45, 2.75) is 45.1 Å². The molecule has 1 saturated heterocycles. The van der Waals surface area contributed by atoms with E-state index in [-0.39, 0.29) is 18.4 Å². The Kier molecular flexibility index (Phi) is 6.44. The van der Waals surface area contributed by atoms with Crippen molar-refractivity contribution in [3.05, 3.63) is 0 Å². The van der Waals surface area contributed by atoms with Crippen LogP contribution in [0.25, 0.3) is 0 Å². The van der Waals surface area contributed by atoms with Crippen molar-refractivity contribution >= 4 is 5.97 Å². The third-order valence-electron chi connectivity index (χ3n) is 1.97. The van der Waals surface area contributed by atoms with Crippen LogP contribution in [0.15, 0.2) is 0 Å². The lowest BCUT2D eigenvalue weighted by Crippen LogP contribution is -2.42. The Labute approximate surface area is 84.2 Å². The molecule has 0 spiro atoms. The van der Waals surface area contributed by atoms with Crippen molar-refractivity contribution < 1.29 is 19.4 Å². The second-order valence-corrected chi connectivity index (χ2v) is 3.27. The summed E-state index contributed by atoms with van der Waals surface area (Å²) < 4.78 is 10.4. The highest BCUT2D eigenvalue weighted by atomic mass is 16.7. The SMILES string of the molecule is CC(=O)O.COC1CC[C@@H](N)[C@H](C)O1. The third-order valence-corrected chi connectivity index (χ3v) is 1.97. The van der Waals surface area contributed by atoms with Crippen LogP contribution < -0.4 is 5.73 Å². The molecule has 0 aromatic heterocycles. The van der Waals surface area contributed by atoms with Crippen LogP contribution in [-0.2, 0) is 14.3 Å². The second-order valence-electron chi connectivity index (χ2n) is 3.27. The molecular formula is C9H19NO4. The smallest absolute Gasteiger partial charge is 0.300 e. The van der Waals surface area contributed by atoms with E-state index in [9.17, 15) is 0 Å². The number of hydrogen-bond acceptors (Lipinski definition) is 4. The molecule has 1 heterocycles. The molecule has 0 aliphatic carbocycles. The Morgan fingerprint density at radius 1 is 1.57 bits per heavy atom. The van der Waals surface area contributed by atoms with Crippen LogP contribution in [0.5, 0.6) is 0 Å². The molecule has 1 rings (SSSR count). The molecule has 5 nitrogen and oxygen atoms in total. The predicted molar refractivity (Wildman–Crippen MR) is 51.9 cm³/mol. The molecule has 84 valence electrons. The number of carboxylic acid groups (broad SMARTS) is 1. The standard InChI is InChI=1S/C7H15NO2.C2H4O2/c1-5-6(8)3-4-7(9-2)10-5;1-2(3)4/h5-7H,3-4,8H2,1-2H3;1H3,(H,3,4)/t5-,6+,7?;/m0./s1. The van der Waals surface area contributed by atoms with Gasteiger partial charge in [0.1, 0.15) is 0 Å². The van der Waals surface area contributed by atoms with Gasteiger partial charge in [-0.3, -0.25) is 4.79 Å². The topological polar surface area (TPSA) is 81.8 Å². The van der Waals surface area contributed by atoms with E-state index < -0.39 is 5.97 Å². The Bertz CT molecular complexity index is 170. The van der Waals surface area contributed by atoms with Crippen LogP contribution in [0.1, 0.15) is 26.7 Å². The number of carboxylic acids is 1. The van der Waals surface area contributed by atoms with Gasteiger partial charge in [0.2, 0.25) is 0 Å². The zero-order valence-electron chi connectivity index (χ0n) is 8.90. The van der Waals surface area contributed by atoms with E-state index >= 15 is 0 Å². The summed E-state index contributed by atoms with van der Waals surface area (Å²) in [4.78, 5) is 9.00. The Hall–Kier alpha value is -0.650. The van der Waals surface area contributed by atoms with Crippen LogP contribution in [0.4, 0.5) is 0 Å².